The highest BCUT2D eigenvalue weighted by Crippen LogP contribution is 2.43. The van der Waals surface area contributed by atoms with Crippen LogP contribution in [-0.4, -0.2) is 54.2 Å². The summed E-state index contributed by atoms with van der Waals surface area (Å²) in [6.45, 7) is 14.1. The van der Waals surface area contributed by atoms with Crippen LogP contribution in [0, 0.1) is 0 Å². The Morgan fingerprint density at radius 3 is 1.24 bits per heavy atom. The molecule has 4 N–H and O–H groups in total. The van der Waals surface area contributed by atoms with E-state index in [0.717, 1.165) is 25.5 Å². The molecule has 0 fully saturated rings. The topological polar surface area (TPSA) is 106 Å². The van der Waals surface area contributed by atoms with Crippen molar-refractivity contribution in [3.63, 3.8) is 0 Å². The van der Waals surface area contributed by atoms with Gasteiger partial charge in [-0.05, 0) is 32.6 Å². The van der Waals surface area contributed by atoms with Crippen LogP contribution in [0.2, 0.25) is 0 Å². The number of aliphatic hydroxyl groups is 2. The molecule has 0 aromatic rings. The van der Waals surface area contributed by atoms with Gasteiger partial charge in [-0.2, -0.15) is 0 Å². The van der Waals surface area contributed by atoms with E-state index in [9.17, 15) is 9.36 Å². The smallest absolute Gasteiger partial charge is 0.119 e. The van der Waals surface area contributed by atoms with Gasteiger partial charge in [0.05, 0.1) is 7.14 Å². The van der Waals surface area contributed by atoms with Crippen LogP contribution < -0.4 is 0 Å². The molecule has 1 unspecified atom stereocenters. The largest absolute Gasteiger partial charge is 0.412 e. The van der Waals surface area contributed by atoms with Crippen molar-refractivity contribution in [2.24, 2.45) is 0 Å². The summed E-state index contributed by atoms with van der Waals surface area (Å²) >= 11 is 0. The van der Waals surface area contributed by atoms with Gasteiger partial charge in [0.25, 0.3) is 0 Å². The second kappa shape index (κ2) is 28.0. The number of aliphatic hydroxyl groups excluding tert-OH is 2. The van der Waals surface area contributed by atoms with Crippen molar-refractivity contribution in [1.29, 1.82) is 0 Å². The monoisotopic (exact) mass is 330 g/mol. The number of carbonyl (C=O) groups excluding carboxylic acids is 1. The highest BCUT2D eigenvalue weighted by atomic mass is 31.2. The maximum atomic E-state index is 11.1. The SMILES string of the molecule is CCC(C)P(C)(C)=O.CCC=O.CCCO.CCCO.O. The van der Waals surface area contributed by atoms with Gasteiger partial charge < -0.3 is 25.0 Å². The lowest BCUT2D eigenvalue weighted by molar-refractivity contribution is -0.107. The first-order valence-corrected chi connectivity index (χ1v) is 10.1. The molecule has 1 atom stereocenters. The number of rotatable bonds is 5. The van der Waals surface area contributed by atoms with E-state index >= 15 is 0 Å². The molecule has 0 radical (unpaired) electrons. The summed E-state index contributed by atoms with van der Waals surface area (Å²) in [5, 5.41) is 15.8. The molecule has 0 rings (SSSR count). The summed E-state index contributed by atoms with van der Waals surface area (Å²) in [4.78, 5) is 9.17. The zero-order chi connectivity index (χ0) is 17.0. The van der Waals surface area contributed by atoms with E-state index in [-0.39, 0.29) is 5.48 Å². The highest BCUT2D eigenvalue weighted by molar-refractivity contribution is 7.63. The lowest BCUT2D eigenvalue weighted by Crippen LogP contribution is -1.98. The van der Waals surface area contributed by atoms with Crippen LogP contribution in [-0.2, 0) is 9.36 Å². The minimum Gasteiger partial charge on any atom is -0.412 e. The van der Waals surface area contributed by atoms with Gasteiger partial charge in [-0.15, -0.1) is 0 Å². The molecular formula is C15H39O5P. The summed E-state index contributed by atoms with van der Waals surface area (Å²) in [6.07, 6.45) is 4.30. The van der Waals surface area contributed by atoms with Crippen molar-refractivity contribution in [2.75, 3.05) is 26.5 Å². The van der Waals surface area contributed by atoms with E-state index in [1.807, 2.05) is 41.0 Å². The molecule has 0 bridgehead atoms. The number of hydrogen-bond acceptors (Lipinski definition) is 4. The van der Waals surface area contributed by atoms with E-state index < -0.39 is 7.14 Å². The van der Waals surface area contributed by atoms with E-state index in [1.165, 1.54) is 0 Å². The first kappa shape index (κ1) is 32.7. The van der Waals surface area contributed by atoms with Crippen LogP contribution in [0.4, 0.5) is 0 Å². The van der Waals surface area contributed by atoms with Gasteiger partial charge in [-0.25, -0.2) is 0 Å². The second-order valence-electron chi connectivity index (χ2n) is 4.71. The van der Waals surface area contributed by atoms with Gasteiger partial charge in [-0.1, -0.05) is 34.6 Å². The Balaban J connectivity index is -0.0000000570. The molecule has 0 saturated heterocycles. The molecule has 0 aliphatic carbocycles. The minimum absolute atomic E-state index is 0. The summed E-state index contributed by atoms with van der Waals surface area (Å²) in [5.41, 5.74) is 0.405. The van der Waals surface area contributed by atoms with Crippen molar-refractivity contribution in [3.8, 4) is 0 Å². The quantitative estimate of drug-likeness (QED) is 0.597. The molecule has 0 saturated carbocycles. The van der Waals surface area contributed by atoms with Gasteiger partial charge in [0.1, 0.15) is 6.29 Å². The first-order valence-electron chi connectivity index (χ1n) is 7.43. The maximum Gasteiger partial charge on any atom is 0.119 e. The van der Waals surface area contributed by atoms with Crippen molar-refractivity contribution in [3.05, 3.63) is 0 Å². The van der Waals surface area contributed by atoms with Crippen molar-refractivity contribution >= 4 is 13.4 Å². The third-order valence-corrected chi connectivity index (χ3v) is 4.75. The Kier molecular flexibility index (Phi) is 43.6. The molecule has 134 valence electrons. The minimum atomic E-state index is -1.76. The second-order valence-corrected chi connectivity index (χ2v) is 8.46. The molecule has 0 amide bonds. The van der Waals surface area contributed by atoms with Gasteiger partial charge in [0.15, 0.2) is 0 Å². The maximum absolute atomic E-state index is 11.1. The molecule has 0 aromatic carbocycles. The van der Waals surface area contributed by atoms with Crippen molar-refractivity contribution in [2.45, 2.75) is 66.0 Å². The molecule has 0 aromatic heterocycles. The molecule has 6 heteroatoms. The lowest BCUT2D eigenvalue weighted by Gasteiger charge is -2.12. The van der Waals surface area contributed by atoms with Gasteiger partial charge in [0, 0.05) is 25.3 Å². The van der Waals surface area contributed by atoms with Crippen LogP contribution >= 0.6 is 7.14 Å². The molecule has 21 heavy (non-hydrogen) atoms. The standard InChI is InChI=1S/C6H15OP.2C3H8O.C3H6O.H2O/c1-5-6(2)8(3,4)7;3*1-2-3-4;/h6H,5H2,1-4H3;2*4H,2-3H2,1H3;3H,2H2,1H3;1H2. The Morgan fingerprint density at radius 2 is 1.24 bits per heavy atom. The number of carbonyl (C=O) groups is 1. The zero-order valence-electron chi connectivity index (χ0n) is 15.1. The average Bonchev–Trinajstić information content (AvgIpc) is 2.46. The van der Waals surface area contributed by atoms with Crippen LogP contribution in [0.1, 0.15) is 60.3 Å². The fraction of sp³-hybridized carbons (Fsp3) is 0.933. The number of hydrogen-bond donors (Lipinski definition) is 2. The van der Waals surface area contributed by atoms with E-state index in [1.54, 1.807) is 0 Å². The van der Waals surface area contributed by atoms with Gasteiger partial charge in [-0.3, -0.25) is 0 Å². The predicted molar refractivity (Wildman–Crippen MR) is 93.9 cm³/mol. The first-order chi connectivity index (χ1) is 9.22. The number of aldehydes is 1. The summed E-state index contributed by atoms with van der Waals surface area (Å²) in [7, 11) is -1.76. The van der Waals surface area contributed by atoms with E-state index in [4.69, 9.17) is 10.2 Å². The lowest BCUT2D eigenvalue weighted by atomic mass is 10.4. The van der Waals surface area contributed by atoms with Crippen LogP contribution in [0.5, 0.6) is 0 Å². The van der Waals surface area contributed by atoms with Crippen LogP contribution in [0.3, 0.4) is 0 Å². The predicted octanol–water partition coefficient (Wildman–Crippen LogP) is 2.96. The Labute approximate surface area is 131 Å². The molecule has 5 nitrogen and oxygen atoms in total. The Bertz CT molecular complexity index is 196. The molecule has 0 spiro atoms. The molecule has 0 aliphatic heterocycles. The fourth-order valence-corrected chi connectivity index (χ4v) is 1.32. The summed E-state index contributed by atoms with van der Waals surface area (Å²) in [5.74, 6) is 0. The highest BCUT2D eigenvalue weighted by Gasteiger charge is 2.14. The van der Waals surface area contributed by atoms with E-state index in [0.29, 0.717) is 25.3 Å². The third-order valence-electron chi connectivity index (χ3n) is 2.27. The average molecular weight is 330 g/mol. The van der Waals surface area contributed by atoms with Crippen molar-refractivity contribution in [1.82, 2.24) is 0 Å². The molecule has 0 heterocycles. The fourth-order valence-electron chi connectivity index (χ4n) is 0.440. The molecular weight excluding hydrogens is 291 g/mol. The van der Waals surface area contributed by atoms with Gasteiger partial charge in [0.2, 0.25) is 0 Å². The normalized spacial score (nSPS) is 10.1. The Hall–Kier alpha value is -0.220. The Morgan fingerprint density at radius 1 is 1.00 bits per heavy atom. The summed E-state index contributed by atoms with van der Waals surface area (Å²) in [6, 6.07) is 0. The van der Waals surface area contributed by atoms with E-state index in [2.05, 4.69) is 6.92 Å². The van der Waals surface area contributed by atoms with Crippen molar-refractivity contribution < 1.29 is 25.0 Å². The summed E-state index contributed by atoms with van der Waals surface area (Å²) < 4.78 is 11.1. The zero-order valence-corrected chi connectivity index (χ0v) is 15.9. The van der Waals surface area contributed by atoms with Crippen LogP contribution in [0.15, 0.2) is 0 Å². The van der Waals surface area contributed by atoms with Gasteiger partial charge >= 0.3 is 0 Å². The molecule has 0 aliphatic rings. The third kappa shape index (κ3) is 53.8. The van der Waals surface area contributed by atoms with Crippen LogP contribution in [0.25, 0.3) is 0 Å².